The van der Waals surface area contributed by atoms with Crippen molar-refractivity contribution in [3.8, 4) is 0 Å². The molecule has 0 bridgehead atoms. The van der Waals surface area contributed by atoms with E-state index in [1.165, 1.54) is 12.1 Å². The molecule has 1 aliphatic rings. The van der Waals surface area contributed by atoms with E-state index in [-0.39, 0.29) is 17.0 Å². The number of furan rings is 1. The van der Waals surface area contributed by atoms with E-state index >= 15 is 0 Å². The van der Waals surface area contributed by atoms with Crippen LogP contribution in [0, 0.1) is 5.82 Å². The average molecular weight is 364 g/mol. The Morgan fingerprint density at radius 3 is 2.88 bits per heavy atom. The fourth-order valence-electron chi connectivity index (χ4n) is 3.00. The summed E-state index contributed by atoms with van der Waals surface area (Å²) in [5.74, 6) is -0.234. The lowest BCUT2D eigenvalue weighted by molar-refractivity contribution is -0.139. The Balaban J connectivity index is 1.73. The monoisotopic (exact) mass is 363 g/mol. The summed E-state index contributed by atoms with van der Waals surface area (Å²) in [6.07, 6.45) is 0.797. The minimum atomic E-state index is -1.34. The molecular weight excluding hydrogens is 345 g/mol. The zero-order chi connectivity index (χ0) is 18.0. The van der Waals surface area contributed by atoms with Gasteiger partial charge in [-0.15, -0.1) is 0 Å². The molecule has 0 radical (unpaired) electrons. The normalized spacial score (nSPS) is 16.2. The number of hydrogen-bond donors (Lipinski definition) is 1. The molecule has 2 heterocycles. The van der Waals surface area contributed by atoms with Crippen molar-refractivity contribution >= 4 is 23.1 Å². The van der Waals surface area contributed by atoms with E-state index in [0.717, 1.165) is 16.9 Å². The Hall–Kier alpha value is -2.11. The van der Waals surface area contributed by atoms with Crippen LogP contribution in [-0.2, 0) is 11.2 Å². The van der Waals surface area contributed by atoms with Crippen LogP contribution in [0.4, 0.5) is 4.39 Å². The second kappa shape index (κ2) is 7.42. The van der Waals surface area contributed by atoms with Crippen LogP contribution in [0.15, 0.2) is 46.6 Å². The number of carbonyl (C=O) groups excluding carboxylic acids is 1. The molecule has 25 heavy (non-hydrogen) atoms. The molecule has 1 unspecified atom stereocenters. The van der Waals surface area contributed by atoms with E-state index in [1.807, 2.05) is 13.0 Å². The standard InChI is InChI=1S/C19H19ClFNO3/c1-12-7-8-22(11-14(12)18-6-3-9-25-18)19(24)17(23)10-13-15(20)4-2-5-16(13)21/h2-6,9,17,23H,7-8,10-11H2,1H3. The summed E-state index contributed by atoms with van der Waals surface area (Å²) in [5.41, 5.74) is 2.26. The van der Waals surface area contributed by atoms with Gasteiger partial charge in [-0.2, -0.15) is 0 Å². The molecule has 3 rings (SSSR count). The van der Waals surface area contributed by atoms with Crippen LogP contribution in [0.3, 0.4) is 0 Å². The van der Waals surface area contributed by atoms with E-state index in [0.29, 0.717) is 19.5 Å². The molecule has 0 saturated carbocycles. The minimum Gasteiger partial charge on any atom is -0.465 e. The summed E-state index contributed by atoms with van der Waals surface area (Å²) in [5, 5.41) is 10.5. The zero-order valence-electron chi connectivity index (χ0n) is 13.8. The third kappa shape index (κ3) is 3.78. The highest BCUT2D eigenvalue weighted by atomic mass is 35.5. The highest BCUT2D eigenvalue weighted by Crippen LogP contribution is 2.28. The van der Waals surface area contributed by atoms with Gasteiger partial charge in [0.1, 0.15) is 17.7 Å². The van der Waals surface area contributed by atoms with Gasteiger partial charge in [0.25, 0.3) is 5.91 Å². The van der Waals surface area contributed by atoms with Crippen molar-refractivity contribution in [3.05, 3.63) is 64.3 Å². The van der Waals surface area contributed by atoms with E-state index < -0.39 is 17.8 Å². The fraction of sp³-hybridized carbons (Fsp3) is 0.316. The SMILES string of the molecule is CC1=C(c2ccco2)CN(C(=O)C(O)Cc2c(F)cccc2Cl)CC1. The summed E-state index contributed by atoms with van der Waals surface area (Å²) < 4.78 is 19.3. The van der Waals surface area contributed by atoms with Crippen molar-refractivity contribution in [1.29, 1.82) is 0 Å². The Labute approximate surface area is 150 Å². The van der Waals surface area contributed by atoms with Gasteiger partial charge in [0, 0.05) is 35.7 Å². The predicted molar refractivity (Wildman–Crippen MR) is 93.6 cm³/mol. The van der Waals surface area contributed by atoms with Crippen molar-refractivity contribution in [3.63, 3.8) is 0 Å². The molecular formula is C19H19ClFNO3. The van der Waals surface area contributed by atoms with E-state index in [2.05, 4.69) is 0 Å². The second-order valence-electron chi connectivity index (χ2n) is 6.17. The zero-order valence-corrected chi connectivity index (χ0v) is 14.6. The van der Waals surface area contributed by atoms with Crippen LogP contribution in [0.5, 0.6) is 0 Å². The maximum absolute atomic E-state index is 13.9. The van der Waals surface area contributed by atoms with Gasteiger partial charge in [-0.1, -0.05) is 23.2 Å². The predicted octanol–water partition coefficient (Wildman–Crippen LogP) is 3.68. The van der Waals surface area contributed by atoms with Gasteiger partial charge in [-0.05, 0) is 37.6 Å². The first-order valence-electron chi connectivity index (χ1n) is 8.09. The molecule has 1 atom stereocenters. The van der Waals surface area contributed by atoms with Crippen LogP contribution in [0.25, 0.3) is 5.57 Å². The number of amides is 1. The van der Waals surface area contributed by atoms with Gasteiger partial charge in [0.05, 0.1) is 6.26 Å². The Morgan fingerprint density at radius 2 is 2.20 bits per heavy atom. The first-order chi connectivity index (χ1) is 12.0. The van der Waals surface area contributed by atoms with E-state index in [1.54, 1.807) is 23.3 Å². The van der Waals surface area contributed by atoms with E-state index in [4.69, 9.17) is 16.0 Å². The maximum Gasteiger partial charge on any atom is 0.252 e. The molecule has 2 aromatic rings. The molecule has 0 aliphatic carbocycles. The van der Waals surface area contributed by atoms with Crippen molar-refractivity contribution < 1.29 is 18.7 Å². The van der Waals surface area contributed by atoms with Crippen LogP contribution in [-0.4, -0.2) is 35.1 Å². The lowest BCUT2D eigenvalue weighted by Gasteiger charge is -2.31. The largest absolute Gasteiger partial charge is 0.465 e. The van der Waals surface area contributed by atoms with Crippen molar-refractivity contribution in [1.82, 2.24) is 4.90 Å². The average Bonchev–Trinajstić information content (AvgIpc) is 3.12. The van der Waals surface area contributed by atoms with Crippen LogP contribution < -0.4 is 0 Å². The molecule has 0 spiro atoms. The van der Waals surface area contributed by atoms with E-state index in [9.17, 15) is 14.3 Å². The number of benzene rings is 1. The Bertz CT molecular complexity index is 781. The molecule has 1 amide bonds. The highest BCUT2D eigenvalue weighted by molar-refractivity contribution is 6.31. The number of carbonyl (C=O) groups is 1. The number of aliphatic hydroxyl groups excluding tert-OH is 1. The maximum atomic E-state index is 13.9. The van der Waals surface area contributed by atoms with Crippen molar-refractivity contribution in [2.45, 2.75) is 25.9 Å². The third-order valence-electron chi connectivity index (χ3n) is 4.50. The van der Waals surface area contributed by atoms with Crippen LogP contribution in [0.1, 0.15) is 24.7 Å². The van der Waals surface area contributed by atoms with Gasteiger partial charge in [0.15, 0.2) is 0 Å². The quantitative estimate of drug-likeness (QED) is 0.901. The summed E-state index contributed by atoms with van der Waals surface area (Å²) in [4.78, 5) is 14.2. The molecule has 4 nitrogen and oxygen atoms in total. The van der Waals surface area contributed by atoms with Gasteiger partial charge >= 0.3 is 0 Å². The molecule has 0 fully saturated rings. The summed E-state index contributed by atoms with van der Waals surface area (Å²) in [6, 6.07) is 7.94. The Kier molecular flexibility index (Phi) is 5.25. The van der Waals surface area contributed by atoms with Gasteiger partial charge in [-0.25, -0.2) is 4.39 Å². The van der Waals surface area contributed by atoms with Crippen molar-refractivity contribution in [2.24, 2.45) is 0 Å². The summed E-state index contributed by atoms with van der Waals surface area (Å²) in [6.45, 7) is 2.88. The second-order valence-corrected chi connectivity index (χ2v) is 6.57. The number of aliphatic hydroxyl groups is 1. The van der Waals surface area contributed by atoms with Crippen LogP contribution in [0.2, 0.25) is 5.02 Å². The number of halogens is 2. The molecule has 1 aromatic carbocycles. The molecule has 0 saturated heterocycles. The minimum absolute atomic E-state index is 0.153. The molecule has 132 valence electrons. The van der Waals surface area contributed by atoms with Crippen molar-refractivity contribution in [2.75, 3.05) is 13.1 Å². The number of hydrogen-bond acceptors (Lipinski definition) is 3. The lowest BCUT2D eigenvalue weighted by Crippen LogP contribution is -2.43. The first kappa shape index (κ1) is 17.7. The molecule has 6 heteroatoms. The molecule has 1 aliphatic heterocycles. The fourth-order valence-corrected chi connectivity index (χ4v) is 3.24. The topological polar surface area (TPSA) is 53.7 Å². The summed E-state index contributed by atoms with van der Waals surface area (Å²) >= 11 is 5.98. The third-order valence-corrected chi connectivity index (χ3v) is 4.85. The molecule has 1 N–H and O–H groups in total. The number of rotatable bonds is 4. The Morgan fingerprint density at radius 1 is 1.40 bits per heavy atom. The van der Waals surface area contributed by atoms with Gasteiger partial charge in [0.2, 0.25) is 0 Å². The smallest absolute Gasteiger partial charge is 0.252 e. The van der Waals surface area contributed by atoms with Crippen LogP contribution >= 0.6 is 11.6 Å². The van der Waals surface area contributed by atoms with Gasteiger partial charge in [-0.3, -0.25) is 4.79 Å². The van der Waals surface area contributed by atoms with Gasteiger partial charge < -0.3 is 14.4 Å². The first-order valence-corrected chi connectivity index (χ1v) is 8.47. The summed E-state index contributed by atoms with van der Waals surface area (Å²) in [7, 11) is 0. The molecule has 1 aromatic heterocycles. The highest BCUT2D eigenvalue weighted by Gasteiger charge is 2.28. The lowest BCUT2D eigenvalue weighted by atomic mass is 9.98. The number of nitrogens with zero attached hydrogens (tertiary/aromatic N) is 1.